The van der Waals surface area contributed by atoms with Crippen LogP contribution in [0, 0.1) is 0 Å². The first-order chi connectivity index (χ1) is 13.4. The van der Waals surface area contributed by atoms with E-state index in [9.17, 15) is 13.2 Å². The molecule has 0 aromatic heterocycles. The summed E-state index contributed by atoms with van der Waals surface area (Å²) in [5, 5.41) is 2.62. The summed E-state index contributed by atoms with van der Waals surface area (Å²) < 4.78 is 42.4. The molecule has 0 aliphatic rings. The molecule has 8 nitrogen and oxygen atoms in total. The first-order valence-electron chi connectivity index (χ1n) is 8.57. The molecule has 1 amide bonds. The molecule has 2 N–H and O–H groups in total. The number of nitrogens with one attached hydrogen (secondary N) is 2. The standard InChI is InChI=1S/C19H24N2O6S/c1-4-27-16-8-6-15(7-9-16)21-19(22)12-20-28(23,24)13-14-5-10-17(25-2)18(11-14)26-3/h5-11,20H,4,12-13H2,1-3H3,(H,21,22). The van der Waals surface area contributed by atoms with Gasteiger partial charge in [-0.3, -0.25) is 4.79 Å². The Morgan fingerprint density at radius 1 is 1.00 bits per heavy atom. The monoisotopic (exact) mass is 408 g/mol. The third kappa shape index (κ3) is 6.43. The number of ether oxygens (including phenoxy) is 3. The quantitative estimate of drug-likeness (QED) is 0.625. The Labute approximate surface area is 164 Å². The van der Waals surface area contributed by atoms with Gasteiger partial charge in [-0.15, -0.1) is 0 Å². The van der Waals surface area contributed by atoms with Gasteiger partial charge >= 0.3 is 0 Å². The molecule has 0 saturated carbocycles. The van der Waals surface area contributed by atoms with Gasteiger partial charge in [0.05, 0.1) is 33.1 Å². The second-order valence-electron chi connectivity index (χ2n) is 5.78. The molecule has 0 radical (unpaired) electrons. The number of benzene rings is 2. The van der Waals surface area contributed by atoms with Gasteiger partial charge < -0.3 is 19.5 Å². The summed E-state index contributed by atoms with van der Waals surface area (Å²) >= 11 is 0. The molecule has 0 fully saturated rings. The number of sulfonamides is 1. The average molecular weight is 408 g/mol. The van der Waals surface area contributed by atoms with Crippen molar-refractivity contribution in [3.63, 3.8) is 0 Å². The zero-order valence-corrected chi connectivity index (χ0v) is 16.8. The maximum Gasteiger partial charge on any atom is 0.239 e. The number of amides is 1. The molecule has 2 aromatic carbocycles. The highest BCUT2D eigenvalue weighted by molar-refractivity contribution is 7.88. The number of methoxy groups -OCH3 is 2. The molecule has 0 atom stereocenters. The molecular weight excluding hydrogens is 384 g/mol. The number of hydrogen-bond donors (Lipinski definition) is 2. The van der Waals surface area contributed by atoms with E-state index < -0.39 is 15.9 Å². The van der Waals surface area contributed by atoms with Gasteiger partial charge in [0.25, 0.3) is 0 Å². The van der Waals surface area contributed by atoms with E-state index in [2.05, 4.69) is 10.0 Å². The largest absolute Gasteiger partial charge is 0.494 e. The third-order valence-corrected chi connectivity index (χ3v) is 5.00. The zero-order valence-electron chi connectivity index (χ0n) is 16.0. The van der Waals surface area contributed by atoms with Crippen LogP contribution in [-0.2, 0) is 20.6 Å². The summed E-state index contributed by atoms with van der Waals surface area (Å²) in [5.41, 5.74) is 1.06. The highest BCUT2D eigenvalue weighted by atomic mass is 32.2. The van der Waals surface area contributed by atoms with Crippen LogP contribution in [0.4, 0.5) is 5.69 Å². The lowest BCUT2D eigenvalue weighted by Crippen LogP contribution is -2.33. The van der Waals surface area contributed by atoms with E-state index in [4.69, 9.17) is 14.2 Å². The zero-order chi connectivity index (χ0) is 20.6. The lowest BCUT2D eigenvalue weighted by atomic mass is 10.2. The Hall–Kier alpha value is -2.78. The van der Waals surface area contributed by atoms with E-state index in [1.807, 2.05) is 6.92 Å². The molecule has 0 saturated heterocycles. The Morgan fingerprint density at radius 2 is 1.68 bits per heavy atom. The Bertz CT molecular complexity index is 897. The third-order valence-electron chi connectivity index (χ3n) is 3.71. The van der Waals surface area contributed by atoms with Crippen molar-refractivity contribution < 1.29 is 27.4 Å². The second-order valence-corrected chi connectivity index (χ2v) is 7.58. The molecule has 2 rings (SSSR count). The lowest BCUT2D eigenvalue weighted by Gasteiger charge is -2.11. The fourth-order valence-corrected chi connectivity index (χ4v) is 3.49. The number of anilines is 1. The van der Waals surface area contributed by atoms with E-state index in [1.54, 1.807) is 42.5 Å². The van der Waals surface area contributed by atoms with Gasteiger partial charge in [-0.05, 0) is 48.9 Å². The smallest absolute Gasteiger partial charge is 0.239 e. The van der Waals surface area contributed by atoms with Gasteiger partial charge in [-0.1, -0.05) is 6.07 Å². The maximum atomic E-state index is 12.2. The minimum Gasteiger partial charge on any atom is -0.494 e. The van der Waals surface area contributed by atoms with Crippen LogP contribution in [0.3, 0.4) is 0 Å². The summed E-state index contributed by atoms with van der Waals surface area (Å²) in [6.45, 7) is 2.06. The maximum absolute atomic E-state index is 12.2. The predicted molar refractivity (Wildman–Crippen MR) is 106 cm³/mol. The van der Waals surface area contributed by atoms with Gasteiger partial charge in [0, 0.05) is 5.69 Å². The molecule has 2 aromatic rings. The van der Waals surface area contributed by atoms with Crippen LogP contribution in [0.2, 0.25) is 0 Å². The molecule has 9 heteroatoms. The van der Waals surface area contributed by atoms with Crippen molar-refractivity contribution in [2.24, 2.45) is 0 Å². The molecule has 0 aliphatic carbocycles. The molecule has 0 heterocycles. The summed E-state index contributed by atoms with van der Waals surface area (Å²) in [6.07, 6.45) is 0. The number of carbonyl (C=O) groups excluding carboxylic acids is 1. The van der Waals surface area contributed by atoms with Crippen molar-refractivity contribution >= 4 is 21.6 Å². The van der Waals surface area contributed by atoms with E-state index in [-0.39, 0.29) is 12.3 Å². The van der Waals surface area contributed by atoms with E-state index in [1.165, 1.54) is 14.2 Å². The SMILES string of the molecule is CCOc1ccc(NC(=O)CNS(=O)(=O)Cc2ccc(OC)c(OC)c2)cc1. The molecule has 28 heavy (non-hydrogen) atoms. The Kier molecular flexibility index (Phi) is 7.65. The van der Waals surface area contributed by atoms with Crippen LogP contribution in [0.1, 0.15) is 12.5 Å². The van der Waals surface area contributed by atoms with Crippen LogP contribution in [0.5, 0.6) is 17.2 Å². The van der Waals surface area contributed by atoms with E-state index >= 15 is 0 Å². The van der Waals surface area contributed by atoms with Crippen molar-refractivity contribution in [3.05, 3.63) is 48.0 Å². The first kappa shape index (κ1) is 21.5. The lowest BCUT2D eigenvalue weighted by molar-refractivity contribution is -0.115. The highest BCUT2D eigenvalue weighted by Gasteiger charge is 2.15. The van der Waals surface area contributed by atoms with Crippen LogP contribution >= 0.6 is 0 Å². The topological polar surface area (TPSA) is 103 Å². The average Bonchev–Trinajstić information content (AvgIpc) is 2.68. The van der Waals surface area contributed by atoms with Crippen LogP contribution in [0.15, 0.2) is 42.5 Å². The summed E-state index contributed by atoms with van der Waals surface area (Å²) in [6, 6.07) is 11.6. The predicted octanol–water partition coefficient (Wildman–Crippen LogP) is 2.16. The second kappa shape index (κ2) is 9.95. The summed E-state index contributed by atoms with van der Waals surface area (Å²) in [7, 11) is -0.737. The molecule has 152 valence electrons. The van der Waals surface area contributed by atoms with Crippen molar-refractivity contribution in [1.29, 1.82) is 0 Å². The van der Waals surface area contributed by atoms with Crippen molar-refractivity contribution in [3.8, 4) is 17.2 Å². The van der Waals surface area contributed by atoms with Crippen LogP contribution in [-0.4, -0.2) is 41.7 Å². The van der Waals surface area contributed by atoms with Crippen LogP contribution < -0.4 is 24.2 Å². The van der Waals surface area contributed by atoms with Crippen LogP contribution in [0.25, 0.3) is 0 Å². The molecular formula is C19H24N2O6S. The van der Waals surface area contributed by atoms with Crippen molar-refractivity contribution in [1.82, 2.24) is 4.72 Å². The number of hydrogen-bond acceptors (Lipinski definition) is 6. The van der Waals surface area contributed by atoms with Gasteiger partial charge in [-0.25, -0.2) is 13.1 Å². The van der Waals surface area contributed by atoms with Crippen molar-refractivity contribution in [2.45, 2.75) is 12.7 Å². The molecule has 0 aliphatic heterocycles. The normalized spacial score (nSPS) is 11.0. The minimum absolute atomic E-state index is 0.288. The Morgan fingerprint density at radius 3 is 2.29 bits per heavy atom. The Balaban J connectivity index is 1.90. The fraction of sp³-hybridized carbons (Fsp3) is 0.316. The van der Waals surface area contributed by atoms with Gasteiger partial charge in [-0.2, -0.15) is 0 Å². The van der Waals surface area contributed by atoms with Gasteiger partial charge in [0.2, 0.25) is 15.9 Å². The van der Waals surface area contributed by atoms with E-state index in [0.717, 1.165) is 0 Å². The number of rotatable bonds is 10. The molecule has 0 bridgehead atoms. The highest BCUT2D eigenvalue weighted by Crippen LogP contribution is 2.28. The molecule has 0 unspecified atom stereocenters. The number of carbonyl (C=O) groups is 1. The first-order valence-corrected chi connectivity index (χ1v) is 10.2. The van der Waals surface area contributed by atoms with Gasteiger partial charge in [0.1, 0.15) is 5.75 Å². The summed E-state index contributed by atoms with van der Waals surface area (Å²) in [5.74, 6) is 0.870. The minimum atomic E-state index is -3.71. The fourth-order valence-electron chi connectivity index (χ4n) is 2.42. The van der Waals surface area contributed by atoms with E-state index in [0.29, 0.717) is 35.1 Å². The van der Waals surface area contributed by atoms with Crippen molar-refractivity contribution in [2.75, 3.05) is 32.7 Å². The molecule has 0 spiro atoms. The van der Waals surface area contributed by atoms with Gasteiger partial charge in [0.15, 0.2) is 11.5 Å². The summed E-state index contributed by atoms with van der Waals surface area (Å²) in [4.78, 5) is 12.0.